The van der Waals surface area contributed by atoms with Gasteiger partial charge < -0.3 is 56.8 Å². The van der Waals surface area contributed by atoms with Gasteiger partial charge in [0, 0.05) is 18.9 Å². The maximum Gasteiger partial charge on any atom is 0.338 e. The SMILES string of the molecule is C=C(C)C(=O)OC(C)(C)C.CC(=O)OC(C)(C)C.CC(C)(C)C(=O)OC1CCCC1.CC(C)(C)C(=O)Oc1ccccc1.CC(C)(C)OC(=O)C1CCCC1.CC(C)(C)OC(=O)c1ccccc1.CC(C)C(=O)OC(C)(C)C.CC(C)OC(=O)C(C)(C)C.CCC(=O)OC(C)(C)C.CCCCCCOC(=O)C(C)(C)C.CCOC(=O)C(C)(C)C.COC(=O)C(C)(C)C. The van der Waals surface area contributed by atoms with Crippen LogP contribution in [0.5, 0.6) is 5.75 Å². The van der Waals surface area contributed by atoms with Crippen molar-refractivity contribution in [2.24, 2.45) is 44.3 Å². The van der Waals surface area contributed by atoms with Gasteiger partial charge in [0.2, 0.25) is 0 Å². The lowest BCUT2D eigenvalue weighted by molar-refractivity contribution is -0.160. The zero-order chi connectivity index (χ0) is 102. The van der Waals surface area contributed by atoms with Gasteiger partial charge in [-0.25, -0.2) is 9.59 Å². The van der Waals surface area contributed by atoms with Crippen LogP contribution in [0.4, 0.5) is 0 Å². The Labute approximate surface area is 771 Å². The molecule has 740 valence electrons. The highest BCUT2D eigenvalue weighted by Gasteiger charge is 2.31. The molecule has 0 bridgehead atoms. The van der Waals surface area contributed by atoms with Crippen LogP contribution in [0.3, 0.4) is 0 Å². The van der Waals surface area contributed by atoms with Gasteiger partial charge in [0.1, 0.15) is 45.5 Å². The number of carbonyl (C=O) groups excluding carboxylic acids is 12. The van der Waals surface area contributed by atoms with E-state index in [4.69, 9.17) is 52.1 Å². The van der Waals surface area contributed by atoms with E-state index in [0.29, 0.717) is 36.5 Å². The molecule has 2 aliphatic carbocycles. The van der Waals surface area contributed by atoms with Crippen LogP contribution in [0.2, 0.25) is 0 Å². The van der Waals surface area contributed by atoms with E-state index in [1.165, 1.54) is 52.6 Å². The molecule has 2 aliphatic rings. The first-order chi connectivity index (χ1) is 56.8. The maximum atomic E-state index is 11.4. The monoisotopic (exact) mass is 1810 g/mol. The Balaban J connectivity index is -0.000000203. The average Bonchev–Trinajstić information content (AvgIpc) is 1.88. The van der Waals surface area contributed by atoms with Gasteiger partial charge in [0.15, 0.2) is 0 Å². The van der Waals surface area contributed by atoms with Crippen molar-refractivity contribution in [2.45, 2.75) is 441 Å². The number of esters is 12. The Morgan fingerprint density at radius 1 is 0.394 bits per heavy atom. The topological polar surface area (TPSA) is 316 Å². The second-order valence-electron chi connectivity index (χ2n) is 43.4. The van der Waals surface area contributed by atoms with E-state index in [1.54, 1.807) is 38.1 Å². The molecule has 2 aromatic rings. The molecule has 0 aromatic heterocycles. The standard InChI is InChI=1S/2C11H14O2.C11H22O2.2C10H18O2.2C8H16O2.C8H14O2.2C7H14O2.2C6H12O2/c1-11(2,3)10(12)13-9-7-5-4-6-8-9;1-11(2,3)13-10(12)9-7-5-4-6-8-9;1-5-6-7-8-9-13-10(12)11(2,3)4;1-10(2,3)9(11)12-8-6-4-5-7-8;1-10(2,3)12-9(11)8-6-4-5-7-8;1-6(2)10-7(9)8(3,4)5;2*1-6(2)7(9)10-8(3,4)5;1-5-9-6(8)7(2,3)4;1-5-6(8)9-7(2,3)4;1-6(2,3)5(7)8-4;1-5(7)8-6(2,3)4/h2*4-8H,1-3H3;5-9H2,1-4H3;2*8H,4-7H2,1-3H3;2*6H,1-5H3;1H2,2-5H3;2*5H2,1-4H3;2*1-4H3. The summed E-state index contributed by atoms with van der Waals surface area (Å²) in [5.74, 6) is -1.14. The maximum absolute atomic E-state index is 11.4. The lowest BCUT2D eigenvalue weighted by Gasteiger charge is -2.21. The predicted octanol–water partition coefficient (Wildman–Crippen LogP) is 25.2. The Morgan fingerprint density at radius 2 is 0.756 bits per heavy atom. The minimum absolute atomic E-state index is 0.000000000000000666. The average molecular weight is 1810 g/mol. The van der Waals surface area contributed by atoms with Crippen LogP contribution in [0, 0.1) is 44.3 Å². The van der Waals surface area contributed by atoms with Crippen molar-refractivity contribution in [3.8, 4) is 5.75 Å². The Bertz CT molecular complexity index is 3390. The van der Waals surface area contributed by atoms with E-state index in [2.05, 4.69) is 18.2 Å². The number of ether oxygens (including phenoxy) is 12. The number of methoxy groups -OCH3 is 1. The van der Waals surface area contributed by atoms with Gasteiger partial charge in [-0.2, -0.15) is 0 Å². The first-order valence-corrected chi connectivity index (χ1v) is 45.0. The molecule has 0 atom stereocenters. The minimum Gasteiger partial charge on any atom is -0.469 e. The summed E-state index contributed by atoms with van der Waals surface area (Å²) in [7, 11) is 1.40. The van der Waals surface area contributed by atoms with E-state index in [0.717, 1.165) is 38.5 Å². The summed E-state index contributed by atoms with van der Waals surface area (Å²) in [5, 5.41) is 0. The van der Waals surface area contributed by atoms with E-state index < -0.39 is 16.6 Å². The van der Waals surface area contributed by atoms with Gasteiger partial charge in [-0.3, -0.25) is 47.9 Å². The molecule has 0 N–H and O–H groups in total. The first kappa shape index (κ1) is 134. The van der Waals surface area contributed by atoms with Crippen LogP contribution >= 0.6 is 0 Å². The van der Waals surface area contributed by atoms with Gasteiger partial charge in [-0.1, -0.05) is 103 Å². The number of hydrogen-bond acceptors (Lipinski definition) is 24. The van der Waals surface area contributed by atoms with E-state index >= 15 is 0 Å². The van der Waals surface area contributed by atoms with Crippen molar-refractivity contribution in [2.75, 3.05) is 20.3 Å². The molecule has 0 spiro atoms. The number of para-hydroxylation sites is 1. The Kier molecular flexibility index (Phi) is 68.3. The van der Waals surface area contributed by atoms with Gasteiger partial charge in [-0.05, 0) is 346 Å². The van der Waals surface area contributed by atoms with Crippen molar-refractivity contribution >= 4 is 71.6 Å². The molecule has 0 amide bonds. The van der Waals surface area contributed by atoms with Gasteiger partial charge in [0.25, 0.3) is 0 Å². The van der Waals surface area contributed by atoms with Crippen molar-refractivity contribution in [3.63, 3.8) is 0 Å². The smallest absolute Gasteiger partial charge is 0.338 e. The van der Waals surface area contributed by atoms with Gasteiger partial charge in [-0.15, -0.1) is 0 Å². The zero-order valence-electron chi connectivity index (χ0n) is 88.7. The number of rotatable bonds is 14. The highest BCUT2D eigenvalue weighted by molar-refractivity contribution is 5.89. The van der Waals surface area contributed by atoms with Crippen LogP contribution < -0.4 is 4.74 Å². The molecule has 0 aliphatic heterocycles. The lowest BCUT2D eigenvalue weighted by Crippen LogP contribution is -2.27. The van der Waals surface area contributed by atoms with Crippen molar-refractivity contribution in [1.82, 2.24) is 0 Å². The lowest BCUT2D eigenvalue weighted by atomic mass is 9.97. The molecule has 2 saturated carbocycles. The summed E-state index contributed by atoms with van der Waals surface area (Å²) < 4.78 is 60.0. The van der Waals surface area contributed by atoms with Gasteiger partial charge in [0.05, 0.1) is 76.3 Å². The summed E-state index contributed by atoms with van der Waals surface area (Å²) in [5.41, 5.74) is -3.34. The molecule has 0 saturated heterocycles. The van der Waals surface area contributed by atoms with Crippen molar-refractivity contribution < 1.29 is 114 Å². The van der Waals surface area contributed by atoms with Crippen LogP contribution in [0.1, 0.15) is 405 Å². The molecule has 4 rings (SSSR count). The Morgan fingerprint density at radius 3 is 1.01 bits per heavy atom. The van der Waals surface area contributed by atoms with Gasteiger partial charge >= 0.3 is 71.6 Å². The van der Waals surface area contributed by atoms with Crippen LogP contribution in [0.15, 0.2) is 72.8 Å². The fourth-order valence-corrected chi connectivity index (χ4v) is 8.13. The van der Waals surface area contributed by atoms with Crippen molar-refractivity contribution in [3.05, 3.63) is 78.4 Å². The summed E-state index contributed by atoms with van der Waals surface area (Å²) in [6, 6.07) is 18.1. The number of benzene rings is 2. The quantitative estimate of drug-likeness (QED) is 0.0557. The summed E-state index contributed by atoms with van der Waals surface area (Å²) in [4.78, 5) is 132. The van der Waals surface area contributed by atoms with E-state index in [9.17, 15) is 57.5 Å². The third kappa shape index (κ3) is 93.8. The molecule has 24 nitrogen and oxygen atoms in total. The van der Waals surface area contributed by atoms with Crippen molar-refractivity contribution in [1.29, 1.82) is 0 Å². The first-order valence-electron chi connectivity index (χ1n) is 45.0. The highest BCUT2D eigenvalue weighted by atomic mass is 16.6. The van der Waals surface area contributed by atoms with E-state index in [-0.39, 0.29) is 145 Å². The third-order valence-electron chi connectivity index (χ3n) is 14.5. The molecule has 127 heavy (non-hydrogen) atoms. The van der Waals surface area contributed by atoms with Crippen LogP contribution in [0.25, 0.3) is 0 Å². The summed E-state index contributed by atoms with van der Waals surface area (Å²) in [6.45, 7) is 87.5. The van der Waals surface area contributed by atoms with Crippen LogP contribution in [-0.2, 0) is 105 Å². The number of carbonyl (C=O) groups is 12. The summed E-state index contributed by atoms with van der Waals surface area (Å²) >= 11 is 0. The zero-order valence-corrected chi connectivity index (χ0v) is 88.7. The Hall–Kier alpha value is -8.18. The molecular formula is C103H184O24. The second-order valence-corrected chi connectivity index (χ2v) is 43.4. The summed E-state index contributed by atoms with van der Waals surface area (Å²) in [6.07, 6.45) is 14.2. The molecule has 2 aromatic carbocycles. The molecule has 0 heterocycles. The molecule has 24 heteroatoms. The fraction of sp³-hybridized carbons (Fsp3) is 0.748. The second kappa shape index (κ2) is 64.6. The number of hydrogen-bond donors (Lipinski definition) is 0. The van der Waals surface area contributed by atoms with E-state index in [1.807, 2.05) is 320 Å². The fourth-order valence-electron chi connectivity index (χ4n) is 8.13. The van der Waals surface area contributed by atoms with Crippen LogP contribution in [-0.4, -0.2) is 138 Å². The highest BCUT2D eigenvalue weighted by Crippen LogP contribution is 2.29. The largest absolute Gasteiger partial charge is 0.469 e. The normalized spacial score (nSPS) is 12.8. The molecule has 2 fully saturated rings. The predicted molar refractivity (Wildman–Crippen MR) is 511 cm³/mol. The number of unbranched alkanes of at least 4 members (excludes halogenated alkanes) is 3. The third-order valence-corrected chi connectivity index (χ3v) is 14.5. The molecule has 0 unspecified atom stereocenters. The molecule has 0 radical (unpaired) electrons. The minimum atomic E-state index is -0.449. The molecular weight excluding hydrogens is 1620 g/mol.